The molecule has 1 aliphatic carbocycles. The van der Waals surface area contributed by atoms with Gasteiger partial charge in [-0.2, -0.15) is 0 Å². The van der Waals surface area contributed by atoms with Gasteiger partial charge in [0.25, 0.3) is 0 Å². The van der Waals surface area contributed by atoms with Crippen LogP contribution in [0.25, 0.3) is 0 Å². The molecule has 1 amide bonds. The molecule has 0 aliphatic heterocycles. The summed E-state index contributed by atoms with van der Waals surface area (Å²) in [7, 11) is 1.80. The summed E-state index contributed by atoms with van der Waals surface area (Å²) in [5.41, 5.74) is 0. The highest BCUT2D eigenvalue weighted by molar-refractivity contribution is 5.81. The first-order chi connectivity index (χ1) is 7.06. The molecule has 1 fully saturated rings. The van der Waals surface area contributed by atoms with Crippen LogP contribution in [0.15, 0.2) is 0 Å². The molecule has 4 heteroatoms. The molecule has 4 nitrogen and oxygen atoms in total. The molecule has 0 aromatic carbocycles. The van der Waals surface area contributed by atoms with Gasteiger partial charge in [0.2, 0.25) is 5.91 Å². The number of hydrogen-bond acceptors (Lipinski definition) is 3. The summed E-state index contributed by atoms with van der Waals surface area (Å²) in [5.74, 6) is 0.0941. The van der Waals surface area contributed by atoms with Crippen LogP contribution >= 0.6 is 0 Å². The lowest BCUT2D eigenvalue weighted by Crippen LogP contribution is -2.49. The van der Waals surface area contributed by atoms with Crippen LogP contribution in [0.3, 0.4) is 0 Å². The van der Waals surface area contributed by atoms with Crippen molar-refractivity contribution in [2.75, 3.05) is 13.6 Å². The molecule has 0 aromatic heterocycles. The van der Waals surface area contributed by atoms with E-state index < -0.39 is 0 Å². The molecule has 3 unspecified atom stereocenters. The first kappa shape index (κ1) is 12.5. The number of likely N-dealkylation sites (N-methyl/N-ethyl adjacent to an activating group) is 1. The van der Waals surface area contributed by atoms with E-state index in [9.17, 15) is 9.90 Å². The van der Waals surface area contributed by atoms with E-state index in [1.165, 1.54) is 0 Å². The van der Waals surface area contributed by atoms with Crippen LogP contribution in [-0.4, -0.2) is 47.7 Å². The van der Waals surface area contributed by atoms with Crippen molar-refractivity contribution in [3.8, 4) is 0 Å². The average Bonchev–Trinajstić information content (AvgIpc) is 2.62. The SMILES string of the molecule is CCN(C)C(=O)C(C)NC1CCCC1O. The van der Waals surface area contributed by atoms with Crippen molar-refractivity contribution in [1.29, 1.82) is 0 Å². The molecular weight excluding hydrogens is 192 g/mol. The molecule has 2 N–H and O–H groups in total. The first-order valence-electron chi connectivity index (χ1n) is 5.75. The molecular formula is C11H22N2O2. The van der Waals surface area contributed by atoms with E-state index in [0.717, 1.165) is 25.8 Å². The highest BCUT2D eigenvalue weighted by Gasteiger charge is 2.28. The Bertz CT molecular complexity index is 221. The molecule has 0 saturated heterocycles. The maximum absolute atomic E-state index is 11.8. The minimum atomic E-state index is -0.285. The van der Waals surface area contributed by atoms with Gasteiger partial charge in [-0.3, -0.25) is 4.79 Å². The standard InChI is InChI=1S/C11H22N2O2/c1-4-13(3)11(15)8(2)12-9-6-5-7-10(9)14/h8-10,12,14H,4-7H2,1-3H3. The third kappa shape index (κ3) is 3.18. The van der Waals surface area contributed by atoms with Crippen molar-refractivity contribution in [3.05, 3.63) is 0 Å². The Kier molecular flexibility index (Phi) is 4.54. The molecule has 88 valence electrons. The van der Waals surface area contributed by atoms with E-state index in [-0.39, 0.29) is 24.1 Å². The first-order valence-corrected chi connectivity index (χ1v) is 5.75. The Hall–Kier alpha value is -0.610. The second-order valence-corrected chi connectivity index (χ2v) is 4.35. The topological polar surface area (TPSA) is 52.6 Å². The molecule has 0 radical (unpaired) electrons. The van der Waals surface area contributed by atoms with Crippen LogP contribution in [0.1, 0.15) is 33.1 Å². The Balaban J connectivity index is 2.40. The fraction of sp³-hybridized carbons (Fsp3) is 0.909. The Morgan fingerprint density at radius 1 is 1.60 bits per heavy atom. The van der Waals surface area contributed by atoms with Crippen LogP contribution < -0.4 is 5.32 Å². The number of carbonyl (C=O) groups excluding carboxylic acids is 1. The molecule has 3 atom stereocenters. The number of rotatable bonds is 4. The zero-order valence-electron chi connectivity index (χ0n) is 9.86. The smallest absolute Gasteiger partial charge is 0.239 e. The molecule has 0 aromatic rings. The summed E-state index contributed by atoms with van der Waals surface area (Å²) in [4.78, 5) is 13.4. The molecule has 1 rings (SSSR count). The van der Waals surface area contributed by atoms with Gasteiger partial charge in [-0.15, -0.1) is 0 Å². The second kappa shape index (κ2) is 5.47. The number of carbonyl (C=O) groups is 1. The molecule has 0 heterocycles. The minimum Gasteiger partial charge on any atom is -0.392 e. The molecule has 15 heavy (non-hydrogen) atoms. The maximum Gasteiger partial charge on any atom is 0.239 e. The highest BCUT2D eigenvalue weighted by atomic mass is 16.3. The van der Waals surface area contributed by atoms with E-state index in [2.05, 4.69) is 5.32 Å². The van der Waals surface area contributed by atoms with E-state index in [1.807, 2.05) is 13.8 Å². The van der Waals surface area contributed by atoms with Crippen molar-refractivity contribution >= 4 is 5.91 Å². The Morgan fingerprint density at radius 3 is 2.73 bits per heavy atom. The van der Waals surface area contributed by atoms with E-state index in [0.29, 0.717) is 0 Å². The zero-order valence-corrected chi connectivity index (χ0v) is 9.86. The predicted octanol–water partition coefficient (Wildman–Crippen LogP) is 0.356. The van der Waals surface area contributed by atoms with Crippen LogP contribution in [0.5, 0.6) is 0 Å². The summed E-state index contributed by atoms with van der Waals surface area (Å²) in [6, 6.07) is -0.109. The van der Waals surface area contributed by atoms with Gasteiger partial charge in [-0.1, -0.05) is 0 Å². The quantitative estimate of drug-likeness (QED) is 0.710. The Labute approximate surface area is 91.6 Å². The van der Waals surface area contributed by atoms with Crippen molar-refractivity contribution in [2.45, 2.75) is 51.3 Å². The second-order valence-electron chi connectivity index (χ2n) is 4.35. The third-order valence-corrected chi connectivity index (χ3v) is 3.16. The minimum absolute atomic E-state index is 0.0919. The predicted molar refractivity (Wildman–Crippen MR) is 59.6 cm³/mol. The van der Waals surface area contributed by atoms with Crippen LogP contribution in [0.4, 0.5) is 0 Å². The van der Waals surface area contributed by atoms with Crippen molar-refractivity contribution in [3.63, 3.8) is 0 Å². The van der Waals surface area contributed by atoms with E-state index >= 15 is 0 Å². The zero-order chi connectivity index (χ0) is 11.4. The van der Waals surface area contributed by atoms with Gasteiger partial charge in [0, 0.05) is 19.6 Å². The number of aliphatic hydroxyl groups excluding tert-OH is 1. The highest BCUT2D eigenvalue weighted by Crippen LogP contribution is 2.19. The largest absolute Gasteiger partial charge is 0.392 e. The number of aliphatic hydroxyl groups is 1. The average molecular weight is 214 g/mol. The van der Waals surface area contributed by atoms with Gasteiger partial charge in [-0.05, 0) is 33.1 Å². The summed E-state index contributed by atoms with van der Waals surface area (Å²) in [6.45, 7) is 4.53. The van der Waals surface area contributed by atoms with Gasteiger partial charge in [-0.25, -0.2) is 0 Å². The monoisotopic (exact) mass is 214 g/mol. The fourth-order valence-electron chi connectivity index (χ4n) is 2.01. The fourth-order valence-corrected chi connectivity index (χ4v) is 2.01. The summed E-state index contributed by atoms with van der Waals surface area (Å²) >= 11 is 0. The molecule has 1 saturated carbocycles. The van der Waals surface area contributed by atoms with Crippen LogP contribution in [0.2, 0.25) is 0 Å². The van der Waals surface area contributed by atoms with Gasteiger partial charge < -0.3 is 15.3 Å². The normalized spacial score (nSPS) is 27.7. The number of amides is 1. The van der Waals surface area contributed by atoms with E-state index in [1.54, 1.807) is 11.9 Å². The van der Waals surface area contributed by atoms with Crippen molar-refractivity contribution in [1.82, 2.24) is 10.2 Å². The summed E-state index contributed by atoms with van der Waals surface area (Å²) < 4.78 is 0. The van der Waals surface area contributed by atoms with E-state index in [4.69, 9.17) is 0 Å². The number of nitrogens with zero attached hydrogens (tertiary/aromatic N) is 1. The lowest BCUT2D eigenvalue weighted by molar-refractivity contribution is -0.131. The van der Waals surface area contributed by atoms with Gasteiger partial charge in [0.1, 0.15) is 0 Å². The molecule has 0 bridgehead atoms. The molecule has 1 aliphatic rings. The molecule has 0 spiro atoms. The Morgan fingerprint density at radius 2 is 2.27 bits per heavy atom. The van der Waals surface area contributed by atoms with Gasteiger partial charge in [0.15, 0.2) is 0 Å². The van der Waals surface area contributed by atoms with Crippen LogP contribution in [0, 0.1) is 0 Å². The number of nitrogens with one attached hydrogen (secondary N) is 1. The lowest BCUT2D eigenvalue weighted by Gasteiger charge is -2.25. The van der Waals surface area contributed by atoms with Gasteiger partial charge >= 0.3 is 0 Å². The number of hydrogen-bond donors (Lipinski definition) is 2. The summed E-state index contributed by atoms with van der Waals surface area (Å²) in [5, 5.41) is 12.8. The van der Waals surface area contributed by atoms with Crippen LogP contribution in [-0.2, 0) is 4.79 Å². The lowest BCUT2D eigenvalue weighted by atomic mass is 10.1. The third-order valence-electron chi connectivity index (χ3n) is 3.16. The summed E-state index contributed by atoms with van der Waals surface area (Å²) in [6.07, 6.45) is 2.58. The van der Waals surface area contributed by atoms with Crippen molar-refractivity contribution in [2.24, 2.45) is 0 Å². The van der Waals surface area contributed by atoms with Crippen molar-refractivity contribution < 1.29 is 9.90 Å². The van der Waals surface area contributed by atoms with Gasteiger partial charge in [0.05, 0.1) is 12.1 Å². The maximum atomic E-state index is 11.8.